The van der Waals surface area contributed by atoms with Crippen molar-refractivity contribution in [3.63, 3.8) is 0 Å². The Kier molecular flexibility index (Phi) is 1040. The van der Waals surface area contributed by atoms with E-state index in [2.05, 4.69) is 0 Å². The predicted molar refractivity (Wildman–Crippen MR) is 28.6 cm³/mol. The molecule has 0 bridgehead atoms. The zero-order chi connectivity index (χ0) is 0. The smallest absolute Gasteiger partial charge is 1.00 e. The Morgan fingerprint density at radius 3 is 1.00 bits per heavy atom. The first-order chi connectivity index (χ1) is 0. The van der Waals surface area contributed by atoms with E-state index < -0.39 is 0 Å². The van der Waals surface area contributed by atoms with Crippen LogP contribution < -0.4 is 34.3 Å². The predicted octanol–water partition coefficient (Wildman–Crippen LogP) is -8.52. The number of rotatable bonds is 0. The molecule has 0 rings (SSSR count). The van der Waals surface area contributed by atoms with E-state index in [-0.39, 0.29) is 128 Å². The zero-order valence-electron chi connectivity index (χ0n) is 5.53. The van der Waals surface area contributed by atoms with Gasteiger partial charge in [0, 0.05) is 82.4 Å². The quantitative estimate of drug-likeness (QED) is 0.324. The molecular weight excluding hydrogens is 156 g/mol. The van der Waals surface area contributed by atoms with Gasteiger partial charge in [0.1, 0.15) is 0 Å². The first-order valence-corrected chi connectivity index (χ1v) is 0. The van der Waals surface area contributed by atoms with E-state index >= 15 is 0 Å². The van der Waals surface area contributed by atoms with Crippen LogP contribution in [0, 0.1) is 0 Å². The molecule has 0 aliphatic rings. The van der Waals surface area contributed by atoms with Gasteiger partial charge in [-0.1, -0.05) is 0 Å². The van der Waals surface area contributed by atoms with E-state index in [0.29, 0.717) is 0 Å². The second-order valence-electron chi connectivity index (χ2n) is 0. The molecule has 0 aromatic carbocycles. The van der Waals surface area contributed by atoms with Crippen molar-refractivity contribution in [1.29, 1.82) is 0 Å². The van der Waals surface area contributed by atoms with Crippen molar-refractivity contribution in [2.45, 2.75) is 0 Å². The SMILES string of the molecule is O.[F-].[Li].[Mg].[Na+].[Na].[OH-].[Si]. The summed E-state index contributed by atoms with van der Waals surface area (Å²) in [7, 11) is 0. The fourth-order valence-electron chi connectivity index (χ4n) is 0. The molecule has 0 aliphatic heterocycles. The van der Waals surface area contributed by atoms with Crippen LogP contribution in [0.15, 0.2) is 0 Å². The molecule has 0 saturated heterocycles. The summed E-state index contributed by atoms with van der Waals surface area (Å²) in [5.41, 5.74) is 0. The zero-order valence-corrected chi connectivity index (χ0v) is 11.9. The fraction of sp³-hybridized carbons (Fsp3) is 0. The monoisotopic (exact) mass is 159 g/mol. The summed E-state index contributed by atoms with van der Waals surface area (Å²) in [6, 6.07) is 0. The van der Waals surface area contributed by atoms with Crippen molar-refractivity contribution >= 4 is 82.4 Å². The minimum atomic E-state index is 0. The van der Waals surface area contributed by atoms with Crippen LogP contribution in [-0.2, 0) is 0 Å². The Morgan fingerprint density at radius 2 is 1.00 bits per heavy atom. The Labute approximate surface area is 125 Å². The standard InChI is InChI=1S/FH.Li.Mg.2Na.2H2O.Si/h1H;;;;;2*1H2;/q;;;;+1;;;/p-2. The van der Waals surface area contributed by atoms with Gasteiger partial charge in [-0.25, -0.2) is 0 Å². The van der Waals surface area contributed by atoms with Crippen molar-refractivity contribution in [3.05, 3.63) is 0 Å². The van der Waals surface area contributed by atoms with Gasteiger partial charge in [0.15, 0.2) is 0 Å². The molecule has 0 atom stereocenters. The molecule has 0 aromatic heterocycles. The Bertz CT molecular complexity index is 20.0. The largest absolute Gasteiger partial charge is 1.00 e. The fourth-order valence-corrected chi connectivity index (χ4v) is 0. The summed E-state index contributed by atoms with van der Waals surface area (Å²) >= 11 is 0. The molecule has 2 nitrogen and oxygen atoms in total. The van der Waals surface area contributed by atoms with Crippen LogP contribution >= 0.6 is 0 Å². The summed E-state index contributed by atoms with van der Waals surface area (Å²) in [5.74, 6) is 0. The van der Waals surface area contributed by atoms with Gasteiger partial charge in [-0.05, 0) is 0 Å². The van der Waals surface area contributed by atoms with Crippen LogP contribution in [0.25, 0.3) is 0 Å². The van der Waals surface area contributed by atoms with Gasteiger partial charge in [0.05, 0.1) is 0 Å². The van der Waals surface area contributed by atoms with E-state index in [1.165, 1.54) is 0 Å². The molecule has 8 heteroatoms. The van der Waals surface area contributed by atoms with Crippen molar-refractivity contribution in [2.75, 3.05) is 0 Å². The van der Waals surface area contributed by atoms with Crippen molar-refractivity contribution < 1.29 is 45.2 Å². The van der Waals surface area contributed by atoms with E-state index in [0.717, 1.165) is 0 Å². The number of halogens is 1. The van der Waals surface area contributed by atoms with Gasteiger partial charge in [-0.15, -0.1) is 0 Å². The topological polar surface area (TPSA) is 61.5 Å². The van der Waals surface area contributed by atoms with Crippen LogP contribution in [-0.4, -0.2) is 93.4 Å². The second kappa shape index (κ2) is 78.8. The van der Waals surface area contributed by atoms with Crippen molar-refractivity contribution in [2.24, 2.45) is 0 Å². The van der Waals surface area contributed by atoms with Gasteiger partial charge < -0.3 is 15.7 Å². The Hall–Kier alpha value is 3.43. The summed E-state index contributed by atoms with van der Waals surface area (Å²) in [6.07, 6.45) is 0. The van der Waals surface area contributed by atoms with Crippen LogP contribution in [0.4, 0.5) is 0 Å². The summed E-state index contributed by atoms with van der Waals surface area (Å²) in [5, 5.41) is 0. The number of hydrogen-bond acceptors (Lipinski definition) is 1. The molecule has 0 fully saturated rings. The molecule has 0 spiro atoms. The molecule has 8 radical (unpaired) electrons. The van der Waals surface area contributed by atoms with Gasteiger partial charge in [-0.3, -0.25) is 0 Å². The average molecular weight is 159 g/mol. The maximum absolute atomic E-state index is 0. The maximum Gasteiger partial charge on any atom is 1.00 e. The van der Waals surface area contributed by atoms with E-state index in [4.69, 9.17) is 0 Å². The van der Waals surface area contributed by atoms with E-state index in [1.54, 1.807) is 0 Å². The first-order valence-electron chi connectivity index (χ1n) is 0. The first kappa shape index (κ1) is 106. The minimum Gasteiger partial charge on any atom is -1.00 e. The second-order valence-corrected chi connectivity index (χ2v) is 0. The molecule has 32 valence electrons. The van der Waals surface area contributed by atoms with Gasteiger partial charge >= 0.3 is 29.6 Å². The van der Waals surface area contributed by atoms with Gasteiger partial charge in [0.2, 0.25) is 0 Å². The summed E-state index contributed by atoms with van der Waals surface area (Å²) < 4.78 is 0. The Morgan fingerprint density at radius 1 is 1.00 bits per heavy atom. The molecule has 0 unspecified atom stereocenters. The van der Waals surface area contributed by atoms with Crippen LogP contribution in [0.5, 0.6) is 0 Å². The Balaban J connectivity index is 0. The van der Waals surface area contributed by atoms with Crippen LogP contribution in [0.3, 0.4) is 0 Å². The van der Waals surface area contributed by atoms with Crippen LogP contribution in [0.1, 0.15) is 0 Å². The third-order valence-corrected chi connectivity index (χ3v) is 0. The molecule has 3 N–H and O–H groups in total. The summed E-state index contributed by atoms with van der Waals surface area (Å²) in [6.45, 7) is 0. The average Bonchev–Trinajstić information content (AvgIpc) is 0. The summed E-state index contributed by atoms with van der Waals surface area (Å²) in [4.78, 5) is 0. The molecule has 0 heterocycles. The van der Waals surface area contributed by atoms with Gasteiger partial charge in [0.25, 0.3) is 0 Å². The van der Waals surface area contributed by atoms with Crippen molar-refractivity contribution in [3.8, 4) is 0 Å². The third-order valence-electron chi connectivity index (χ3n) is 0. The minimum absolute atomic E-state index is 0. The van der Waals surface area contributed by atoms with Gasteiger partial charge in [-0.2, -0.15) is 0 Å². The van der Waals surface area contributed by atoms with Crippen LogP contribution in [0.2, 0.25) is 0 Å². The van der Waals surface area contributed by atoms with Crippen molar-refractivity contribution in [1.82, 2.24) is 0 Å². The molecule has 0 amide bonds. The molecule has 0 aromatic rings. The van der Waals surface area contributed by atoms with E-state index in [1.807, 2.05) is 0 Å². The third kappa shape index (κ3) is 57.0. The molecule has 0 aliphatic carbocycles. The van der Waals surface area contributed by atoms with E-state index in [9.17, 15) is 0 Å². The number of hydrogen-bond donors (Lipinski definition) is 0. The normalized spacial score (nSPS) is 0. The molecular formula is H3FLiMgNa2O2Si-. The molecule has 0 saturated carbocycles. The maximum atomic E-state index is 0. The molecule has 8 heavy (non-hydrogen) atoms.